The van der Waals surface area contributed by atoms with Gasteiger partial charge in [0, 0.05) is 37.0 Å². The van der Waals surface area contributed by atoms with E-state index in [-0.39, 0.29) is 5.41 Å². The van der Waals surface area contributed by atoms with E-state index in [4.69, 9.17) is 10.7 Å². The molecule has 1 atom stereocenters. The van der Waals surface area contributed by atoms with Crippen LogP contribution in [0, 0.1) is 5.41 Å². The van der Waals surface area contributed by atoms with Crippen molar-refractivity contribution < 1.29 is 0 Å². The highest BCUT2D eigenvalue weighted by molar-refractivity contribution is 7.09. The molecule has 2 heterocycles. The Bertz CT molecular complexity index is 462. The molecule has 0 radical (unpaired) electrons. The quantitative estimate of drug-likeness (QED) is 0.924. The molecule has 1 unspecified atom stereocenters. The first-order valence-electron chi connectivity index (χ1n) is 8.47. The summed E-state index contributed by atoms with van der Waals surface area (Å²) in [6.45, 7) is 7.78. The Morgan fingerprint density at radius 2 is 2.05 bits per heavy atom. The fourth-order valence-corrected chi connectivity index (χ4v) is 4.76. The van der Waals surface area contributed by atoms with Crippen molar-refractivity contribution in [1.29, 1.82) is 0 Å². The minimum Gasteiger partial charge on any atom is -0.327 e. The Balaban J connectivity index is 1.59. The molecule has 1 saturated carbocycles. The highest BCUT2D eigenvalue weighted by Gasteiger charge is 2.33. The molecule has 2 aliphatic rings. The lowest BCUT2D eigenvalue weighted by Gasteiger charge is -2.42. The monoisotopic (exact) mass is 307 g/mol. The smallest absolute Gasteiger partial charge is 0.0959 e. The van der Waals surface area contributed by atoms with E-state index in [9.17, 15) is 0 Å². The molecule has 4 heteroatoms. The summed E-state index contributed by atoms with van der Waals surface area (Å²) in [4.78, 5) is 7.47. The number of nitrogens with two attached hydrogens (primary N) is 1. The van der Waals surface area contributed by atoms with Gasteiger partial charge in [-0.3, -0.25) is 4.90 Å². The van der Waals surface area contributed by atoms with Crippen LogP contribution in [0.4, 0.5) is 0 Å². The molecule has 0 aromatic carbocycles. The normalized spacial score (nSPS) is 27.9. The molecule has 0 amide bonds. The Morgan fingerprint density at radius 1 is 1.29 bits per heavy atom. The van der Waals surface area contributed by atoms with Crippen molar-refractivity contribution in [2.24, 2.45) is 11.1 Å². The Kier molecular flexibility index (Phi) is 4.67. The van der Waals surface area contributed by atoms with Gasteiger partial charge in [-0.15, -0.1) is 11.3 Å². The van der Waals surface area contributed by atoms with Crippen LogP contribution < -0.4 is 5.73 Å². The number of nitrogens with zero attached hydrogens (tertiary/aromatic N) is 2. The molecule has 2 fully saturated rings. The third-order valence-corrected chi connectivity index (χ3v) is 6.36. The van der Waals surface area contributed by atoms with E-state index >= 15 is 0 Å². The van der Waals surface area contributed by atoms with Gasteiger partial charge in [-0.2, -0.15) is 0 Å². The van der Waals surface area contributed by atoms with Gasteiger partial charge in [0.05, 0.1) is 10.7 Å². The number of rotatable bonds is 3. The maximum atomic E-state index is 6.23. The van der Waals surface area contributed by atoms with Gasteiger partial charge in [-0.25, -0.2) is 4.98 Å². The van der Waals surface area contributed by atoms with Crippen LogP contribution in [0.15, 0.2) is 5.38 Å². The molecule has 1 aromatic heterocycles. The summed E-state index contributed by atoms with van der Waals surface area (Å²) in [6, 6.07) is 0.335. The zero-order valence-corrected chi connectivity index (χ0v) is 14.3. The standard InChI is InChI=1S/C17H29N3S/c1-17(2)12-20(9-8-15(17)18)10-14-11-21-16(19-14)13-6-4-3-5-7-13/h11,13,15H,3-10,12,18H2,1-2H3. The maximum absolute atomic E-state index is 6.23. The Morgan fingerprint density at radius 3 is 2.76 bits per heavy atom. The zero-order chi connectivity index (χ0) is 14.9. The van der Waals surface area contributed by atoms with Gasteiger partial charge < -0.3 is 5.73 Å². The minimum absolute atomic E-state index is 0.223. The molecule has 21 heavy (non-hydrogen) atoms. The van der Waals surface area contributed by atoms with Crippen molar-refractivity contribution in [1.82, 2.24) is 9.88 Å². The van der Waals surface area contributed by atoms with Crippen LogP contribution in [0.2, 0.25) is 0 Å². The second-order valence-electron chi connectivity index (χ2n) is 7.61. The predicted molar refractivity (Wildman–Crippen MR) is 89.6 cm³/mol. The van der Waals surface area contributed by atoms with E-state index in [1.54, 1.807) is 0 Å². The van der Waals surface area contributed by atoms with Crippen LogP contribution in [0.25, 0.3) is 0 Å². The van der Waals surface area contributed by atoms with E-state index in [1.807, 2.05) is 11.3 Å². The van der Waals surface area contributed by atoms with Crippen LogP contribution in [0.1, 0.15) is 69.0 Å². The highest BCUT2D eigenvalue weighted by Crippen LogP contribution is 2.35. The summed E-state index contributed by atoms with van der Waals surface area (Å²) in [6.07, 6.45) is 7.98. The number of piperidine rings is 1. The second-order valence-corrected chi connectivity index (χ2v) is 8.50. The molecule has 1 aliphatic heterocycles. The number of likely N-dealkylation sites (tertiary alicyclic amines) is 1. The molecule has 3 rings (SSSR count). The summed E-state index contributed by atoms with van der Waals surface area (Å²) in [5.41, 5.74) is 7.72. The number of thiazole rings is 1. The van der Waals surface area contributed by atoms with Crippen molar-refractivity contribution in [2.75, 3.05) is 13.1 Å². The molecule has 3 nitrogen and oxygen atoms in total. The van der Waals surface area contributed by atoms with Crippen LogP contribution in [0.3, 0.4) is 0 Å². The summed E-state index contributed by atoms with van der Waals surface area (Å²) in [7, 11) is 0. The van der Waals surface area contributed by atoms with E-state index in [1.165, 1.54) is 42.8 Å². The lowest BCUT2D eigenvalue weighted by Crippen LogP contribution is -2.52. The third kappa shape index (κ3) is 3.66. The SMILES string of the molecule is CC1(C)CN(Cc2csc(C3CCCCC3)n2)CCC1N. The first-order chi connectivity index (χ1) is 10.0. The second kappa shape index (κ2) is 6.35. The average molecular weight is 308 g/mol. The van der Waals surface area contributed by atoms with Crippen LogP contribution in [0.5, 0.6) is 0 Å². The van der Waals surface area contributed by atoms with Gasteiger partial charge in [-0.05, 0) is 24.7 Å². The molecule has 1 saturated heterocycles. The molecule has 1 aromatic rings. The molecule has 2 N–H and O–H groups in total. The van der Waals surface area contributed by atoms with Gasteiger partial charge in [0.25, 0.3) is 0 Å². The van der Waals surface area contributed by atoms with E-state index in [2.05, 4.69) is 24.1 Å². The average Bonchev–Trinajstić information content (AvgIpc) is 2.92. The molecular weight excluding hydrogens is 278 g/mol. The van der Waals surface area contributed by atoms with E-state index in [0.717, 1.165) is 32.0 Å². The lowest BCUT2D eigenvalue weighted by atomic mass is 9.80. The van der Waals surface area contributed by atoms with Gasteiger partial charge >= 0.3 is 0 Å². The molecule has 0 spiro atoms. The first kappa shape index (κ1) is 15.4. The number of hydrogen-bond acceptors (Lipinski definition) is 4. The highest BCUT2D eigenvalue weighted by atomic mass is 32.1. The van der Waals surface area contributed by atoms with Crippen molar-refractivity contribution in [3.63, 3.8) is 0 Å². The van der Waals surface area contributed by atoms with Crippen molar-refractivity contribution >= 4 is 11.3 Å². The zero-order valence-electron chi connectivity index (χ0n) is 13.5. The molecule has 0 bridgehead atoms. The number of hydrogen-bond donors (Lipinski definition) is 1. The summed E-state index contributed by atoms with van der Waals surface area (Å²) in [5.74, 6) is 0.740. The molecular formula is C17H29N3S. The van der Waals surface area contributed by atoms with Crippen LogP contribution >= 0.6 is 11.3 Å². The van der Waals surface area contributed by atoms with E-state index < -0.39 is 0 Å². The van der Waals surface area contributed by atoms with Crippen LogP contribution in [-0.4, -0.2) is 29.0 Å². The summed E-state index contributed by atoms with van der Waals surface area (Å²) < 4.78 is 0. The fourth-order valence-electron chi connectivity index (χ4n) is 3.78. The van der Waals surface area contributed by atoms with Gasteiger partial charge in [0.1, 0.15) is 0 Å². The maximum Gasteiger partial charge on any atom is 0.0959 e. The Labute approximate surface area is 132 Å². The van der Waals surface area contributed by atoms with Gasteiger partial charge in [0.2, 0.25) is 0 Å². The summed E-state index contributed by atoms with van der Waals surface area (Å²) in [5, 5.41) is 3.67. The Hall–Kier alpha value is -0.450. The lowest BCUT2D eigenvalue weighted by molar-refractivity contribution is 0.0890. The van der Waals surface area contributed by atoms with Crippen LogP contribution in [-0.2, 0) is 6.54 Å². The first-order valence-corrected chi connectivity index (χ1v) is 9.35. The molecule has 1 aliphatic carbocycles. The largest absolute Gasteiger partial charge is 0.327 e. The fraction of sp³-hybridized carbons (Fsp3) is 0.824. The van der Waals surface area contributed by atoms with Crippen molar-refractivity contribution in [3.8, 4) is 0 Å². The molecule has 118 valence electrons. The van der Waals surface area contributed by atoms with E-state index in [0.29, 0.717) is 6.04 Å². The third-order valence-electron chi connectivity index (χ3n) is 5.30. The van der Waals surface area contributed by atoms with Crippen molar-refractivity contribution in [2.45, 2.75) is 70.9 Å². The minimum atomic E-state index is 0.223. The summed E-state index contributed by atoms with van der Waals surface area (Å²) >= 11 is 1.88. The predicted octanol–water partition coefficient (Wildman–Crippen LogP) is 3.75. The van der Waals surface area contributed by atoms with Crippen molar-refractivity contribution in [3.05, 3.63) is 16.1 Å². The topological polar surface area (TPSA) is 42.2 Å². The number of aromatic nitrogens is 1. The van der Waals surface area contributed by atoms with Gasteiger partial charge in [-0.1, -0.05) is 33.1 Å². The van der Waals surface area contributed by atoms with Gasteiger partial charge in [0.15, 0.2) is 0 Å².